The summed E-state index contributed by atoms with van der Waals surface area (Å²) >= 11 is 0. The Balaban J connectivity index is -0.000000360. The predicted molar refractivity (Wildman–Crippen MR) is 334 cm³/mol. The Hall–Kier alpha value is -10.5. The van der Waals surface area contributed by atoms with Crippen LogP contribution in [-0.2, 0) is 124 Å². The van der Waals surface area contributed by atoms with E-state index in [1.807, 2.05) is 0 Å². The van der Waals surface area contributed by atoms with Gasteiger partial charge in [0.2, 0.25) is 0 Å². The molecule has 0 radical (unpaired) electrons. The number of carbonyl (C=O) groups excluding carboxylic acids is 13. The number of aliphatic hydroxyl groups excluding tert-OH is 5. The second-order valence-electron chi connectivity index (χ2n) is 19.1. The highest BCUT2D eigenvalue weighted by Crippen LogP contribution is 2.23. The zero-order chi connectivity index (χ0) is 74.3. The number of hydrogen-bond acceptors (Lipinski definition) is 31. The fourth-order valence-electron chi connectivity index (χ4n) is 4.61. The number of esters is 13. The van der Waals surface area contributed by atoms with Gasteiger partial charge in [-0.05, 0) is 27.7 Å². The molecular formula is C64H86O31. The van der Waals surface area contributed by atoms with E-state index in [1.54, 1.807) is 0 Å². The Kier molecular flexibility index (Phi) is 53.1. The smallest absolute Gasteiger partial charge is 0.333 e. The van der Waals surface area contributed by atoms with Crippen LogP contribution in [0.25, 0.3) is 0 Å². The molecule has 5 N–H and O–H groups in total. The lowest BCUT2D eigenvalue weighted by atomic mass is 9.92. The summed E-state index contributed by atoms with van der Waals surface area (Å²) in [6, 6.07) is 0. The minimum atomic E-state index is -1.30. The summed E-state index contributed by atoms with van der Waals surface area (Å²) in [5.41, 5.74) is -3.13. The molecule has 1 atom stereocenters. The molecule has 0 bridgehead atoms. The molecule has 0 amide bonds. The molecule has 0 rings (SSSR count). The summed E-state index contributed by atoms with van der Waals surface area (Å²) < 4.78 is 62.2. The van der Waals surface area contributed by atoms with Gasteiger partial charge >= 0.3 is 77.6 Å². The summed E-state index contributed by atoms with van der Waals surface area (Å²) in [6.45, 7) is 42.9. The van der Waals surface area contributed by atoms with Gasteiger partial charge in [0.25, 0.3) is 0 Å². The van der Waals surface area contributed by atoms with Crippen molar-refractivity contribution in [3.05, 3.63) is 163 Å². The molecule has 0 aromatic rings. The van der Waals surface area contributed by atoms with Gasteiger partial charge in [0, 0.05) is 77.0 Å². The fraction of sp³-hybridized carbons (Fsp3) is 0.391. The molecule has 0 aliphatic heterocycles. The lowest BCUT2D eigenvalue weighted by Gasteiger charge is -2.30. The van der Waals surface area contributed by atoms with E-state index in [4.69, 9.17) is 47.7 Å². The van der Waals surface area contributed by atoms with Crippen LogP contribution in [0.4, 0.5) is 0 Å². The molecule has 31 heteroatoms. The lowest BCUT2D eigenvalue weighted by molar-refractivity contribution is -0.162. The Morgan fingerprint density at radius 1 is 0.274 bits per heavy atom. The van der Waals surface area contributed by atoms with E-state index >= 15 is 0 Å². The molecule has 1 unspecified atom stereocenters. The van der Waals surface area contributed by atoms with Crippen LogP contribution >= 0.6 is 0 Å². The Morgan fingerprint density at radius 2 is 0.411 bits per heavy atom. The van der Waals surface area contributed by atoms with Crippen molar-refractivity contribution in [3.8, 4) is 0 Å². The second-order valence-corrected chi connectivity index (χ2v) is 19.1. The fourth-order valence-corrected chi connectivity index (χ4v) is 4.61. The first-order valence-electron chi connectivity index (χ1n) is 27.1. The van der Waals surface area contributed by atoms with Crippen molar-refractivity contribution in [1.82, 2.24) is 0 Å². The molecule has 95 heavy (non-hydrogen) atoms. The van der Waals surface area contributed by atoms with Crippen LogP contribution in [0.2, 0.25) is 0 Å². The number of hydrogen-bond donors (Lipinski definition) is 5. The van der Waals surface area contributed by atoms with E-state index in [-0.39, 0.29) is 108 Å². The van der Waals surface area contributed by atoms with Gasteiger partial charge in [-0.2, -0.15) is 0 Å². The number of ether oxygens (including phenoxy) is 13. The molecule has 0 aliphatic carbocycles. The third kappa shape index (κ3) is 48.9. The molecule has 0 heterocycles. The molecule has 0 aromatic heterocycles. The van der Waals surface area contributed by atoms with Crippen LogP contribution in [0.1, 0.15) is 27.7 Å². The standard InChI is InChI=1S/C16H22O7.C15H20O7.C14H18O7.C10H14O5.C9H12O5/c1-6-13(18)21-8-16(7-17,9-22-14(19)11(2)3)10-23-15(20)12(4)5;1-5-12(17)20-8-15(7-16,9-21-13(18)6-2)10-22-14(19)11(3)4;1-4-11(16)19-8-14(7-15,9-20-12(17)5-2)10-21-13(18)6-3;1-4-9(12)14-5-8(11)6-15-10(13)7(2)3;1-3-8(11)13-5-7(10)6-14-9(12)4-2/h6,17H,1-2,4,7-10H2,3,5H3;5-6,16H,1-3,7-10H2,4H3;4-6,15H,1-3,7-10H2;4,8,11H,1-2,5-6H2,3H3;3-4,7,10H,1-2,5-6H2. The zero-order valence-corrected chi connectivity index (χ0v) is 53.7. The highest BCUT2D eigenvalue weighted by molar-refractivity contribution is 5.89. The van der Waals surface area contributed by atoms with Gasteiger partial charge in [0.1, 0.15) is 98.1 Å². The average molecular weight is 1350 g/mol. The van der Waals surface area contributed by atoms with E-state index in [1.165, 1.54) is 27.7 Å². The Labute approximate surface area is 549 Å². The zero-order valence-electron chi connectivity index (χ0n) is 53.7. The van der Waals surface area contributed by atoms with Gasteiger partial charge in [-0.15, -0.1) is 0 Å². The first kappa shape index (κ1) is 93.2. The van der Waals surface area contributed by atoms with Gasteiger partial charge < -0.3 is 87.1 Å². The maximum Gasteiger partial charge on any atom is 0.333 e. The van der Waals surface area contributed by atoms with Gasteiger partial charge in [0.05, 0.1) is 36.1 Å². The maximum atomic E-state index is 11.5. The molecule has 0 saturated heterocycles. The van der Waals surface area contributed by atoms with Gasteiger partial charge in [-0.25, -0.2) is 62.3 Å². The summed E-state index contributed by atoms with van der Waals surface area (Å²) in [7, 11) is 0. The van der Waals surface area contributed by atoms with E-state index in [0.717, 1.165) is 54.7 Å². The maximum absolute atomic E-state index is 11.5. The second kappa shape index (κ2) is 54.1. The minimum Gasteiger partial charge on any atom is -0.462 e. The first-order valence-corrected chi connectivity index (χ1v) is 27.1. The highest BCUT2D eigenvalue weighted by Gasteiger charge is 2.38. The van der Waals surface area contributed by atoms with E-state index in [2.05, 4.69) is 104 Å². The molecular weight excluding hydrogens is 1260 g/mol. The third-order valence-electron chi connectivity index (χ3n) is 10.2. The van der Waals surface area contributed by atoms with E-state index < -0.39 is 126 Å². The van der Waals surface area contributed by atoms with Gasteiger partial charge in [-0.1, -0.05) is 85.5 Å². The van der Waals surface area contributed by atoms with Crippen molar-refractivity contribution in [2.24, 2.45) is 16.2 Å². The van der Waals surface area contributed by atoms with Gasteiger partial charge in [-0.3, -0.25) is 0 Å². The quantitative estimate of drug-likeness (QED) is 0.0329. The molecule has 0 fully saturated rings. The van der Waals surface area contributed by atoms with Crippen molar-refractivity contribution in [3.63, 3.8) is 0 Å². The normalized spacial score (nSPS) is 10.3. The largest absolute Gasteiger partial charge is 0.462 e. The molecule has 0 spiro atoms. The van der Waals surface area contributed by atoms with Crippen LogP contribution < -0.4 is 0 Å². The molecule has 0 aromatic carbocycles. The van der Waals surface area contributed by atoms with Gasteiger partial charge in [0.15, 0.2) is 0 Å². The number of aliphatic hydroxyl groups is 5. The van der Waals surface area contributed by atoms with Crippen molar-refractivity contribution in [2.75, 3.05) is 106 Å². The number of rotatable bonds is 42. The van der Waals surface area contributed by atoms with Crippen LogP contribution in [0.3, 0.4) is 0 Å². The average Bonchev–Trinajstić information content (AvgIpc) is 0.976. The summed E-state index contributed by atoms with van der Waals surface area (Å²) in [5.74, 6) is -8.88. The summed E-state index contributed by atoms with van der Waals surface area (Å²) in [5, 5.41) is 47.0. The van der Waals surface area contributed by atoms with Crippen molar-refractivity contribution in [2.45, 2.75) is 39.9 Å². The summed E-state index contributed by atoms with van der Waals surface area (Å²) in [4.78, 5) is 144. The topological polar surface area (TPSA) is 443 Å². The summed E-state index contributed by atoms with van der Waals surface area (Å²) in [6.07, 6.45) is 6.49. The van der Waals surface area contributed by atoms with Crippen LogP contribution in [0.15, 0.2) is 163 Å². The van der Waals surface area contributed by atoms with Crippen molar-refractivity contribution >= 4 is 77.6 Å². The van der Waals surface area contributed by atoms with Crippen LogP contribution in [-0.4, -0.2) is 221 Å². The lowest BCUT2D eigenvalue weighted by Crippen LogP contribution is -2.42. The van der Waals surface area contributed by atoms with Crippen molar-refractivity contribution < 1.29 is 149 Å². The monoisotopic (exact) mass is 1350 g/mol. The highest BCUT2D eigenvalue weighted by atomic mass is 16.6. The predicted octanol–water partition coefficient (Wildman–Crippen LogP) is 1.63. The molecule has 31 nitrogen and oxygen atoms in total. The first-order chi connectivity index (χ1) is 44.5. The SMILES string of the molecule is C=CC(=O)OCC(CO)(COC(=O)C(=C)C)COC(=O)C(=C)C.C=CC(=O)OCC(CO)(COC(=O)C=C)COC(=O)C(=C)C.C=CC(=O)OCC(CO)(COC(=O)C=C)COC(=O)C=C.C=CC(=O)OCC(O)COC(=O)C(=C)C.C=CC(=O)OCC(O)COC(=O)C=C. The molecule has 528 valence electrons. The molecule has 0 aliphatic rings. The van der Waals surface area contributed by atoms with Crippen LogP contribution in [0, 0.1) is 16.2 Å². The van der Waals surface area contributed by atoms with Crippen molar-refractivity contribution in [1.29, 1.82) is 0 Å². The van der Waals surface area contributed by atoms with E-state index in [0.29, 0.717) is 0 Å². The third-order valence-corrected chi connectivity index (χ3v) is 10.2. The number of carbonyl (C=O) groups is 13. The minimum absolute atomic E-state index is 0.165. The van der Waals surface area contributed by atoms with Crippen LogP contribution in [0.5, 0.6) is 0 Å². The van der Waals surface area contributed by atoms with E-state index in [9.17, 15) is 82.8 Å². The Bertz CT molecular complexity index is 2590. The Morgan fingerprint density at radius 3 is 0.558 bits per heavy atom. The molecule has 0 saturated carbocycles.